The lowest BCUT2D eigenvalue weighted by atomic mass is 10.0. The average Bonchev–Trinajstić information content (AvgIpc) is 3.90. The molecule has 0 aliphatic rings. The third-order valence-corrected chi connectivity index (χ3v) is 10.1. The SMILES string of the molecule is c1ccc(-c2cccc(N(c3ccc4c(c3)oc3ccccc34)c3ccc4c(c3)oc3cccc(-c5nc6cc7ccccc7cc6o5)c34)c2)cc1. The van der Waals surface area contributed by atoms with Gasteiger partial charge >= 0.3 is 0 Å². The predicted octanol–water partition coefficient (Wildman–Crippen LogP) is 13.6. The van der Waals surface area contributed by atoms with Crippen LogP contribution in [0, 0.1) is 0 Å². The molecular weight excluding hydrogens is 641 g/mol. The molecule has 0 spiro atoms. The standard InChI is InChI=1S/C47H28N2O3/c1-2-10-29(11-3-1)30-14-8-15-33(24-30)49(34-20-22-37-36-16-6-7-18-41(36)50-43(37)27-34)35-21-23-38-44(28-35)51-42-19-9-17-39(46(38)42)47-48-40-25-31-12-4-5-13-32(31)26-45(40)52-47/h1-28H. The highest BCUT2D eigenvalue weighted by molar-refractivity contribution is 6.13. The Labute approximate surface area is 297 Å². The topological polar surface area (TPSA) is 55.6 Å². The van der Waals surface area contributed by atoms with Crippen LogP contribution in [0.5, 0.6) is 0 Å². The fourth-order valence-corrected chi connectivity index (χ4v) is 7.62. The monoisotopic (exact) mass is 668 g/mol. The van der Waals surface area contributed by atoms with Gasteiger partial charge in [0.15, 0.2) is 5.58 Å². The minimum Gasteiger partial charge on any atom is -0.456 e. The molecule has 0 aliphatic carbocycles. The molecule has 244 valence electrons. The van der Waals surface area contributed by atoms with Crippen molar-refractivity contribution in [2.24, 2.45) is 0 Å². The molecule has 5 nitrogen and oxygen atoms in total. The van der Waals surface area contributed by atoms with Crippen molar-refractivity contribution < 1.29 is 13.3 Å². The van der Waals surface area contributed by atoms with Crippen LogP contribution < -0.4 is 4.90 Å². The summed E-state index contributed by atoms with van der Waals surface area (Å²) in [6.07, 6.45) is 0. The van der Waals surface area contributed by atoms with Crippen molar-refractivity contribution in [3.05, 3.63) is 170 Å². The van der Waals surface area contributed by atoms with Gasteiger partial charge in [-0.15, -0.1) is 0 Å². The maximum Gasteiger partial charge on any atom is 0.228 e. The highest BCUT2D eigenvalue weighted by Gasteiger charge is 2.21. The summed E-state index contributed by atoms with van der Waals surface area (Å²) in [6.45, 7) is 0. The Morgan fingerprint density at radius 2 is 1.02 bits per heavy atom. The minimum atomic E-state index is 0.571. The Kier molecular flexibility index (Phi) is 6.18. The van der Waals surface area contributed by atoms with Crippen molar-refractivity contribution in [1.29, 1.82) is 0 Å². The van der Waals surface area contributed by atoms with Crippen LogP contribution in [0.15, 0.2) is 183 Å². The molecule has 0 atom stereocenters. The molecular formula is C47H28N2O3. The second-order valence-corrected chi connectivity index (χ2v) is 13.2. The van der Waals surface area contributed by atoms with Gasteiger partial charge in [0.1, 0.15) is 27.8 Å². The first-order valence-corrected chi connectivity index (χ1v) is 17.4. The lowest BCUT2D eigenvalue weighted by molar-refractivity contribution is 0.620. The second-order valence-electron chi connectivity index (χ2n) is 13.2. The number of furan rings is 2. The Morgan fingerprint density at radius 1 is 0.385 bits per heavy atom. The number of fused-ring (bicyclic) bond motifs is 8. The molecule has 11 aromatic rings. The molecule has 52 heavy (non-hydrogen) atoms. The van der Waals surface area contributed by atoms with Crippen LogP contribution in [0.1, 0.15) is 0 Å². The lowest BCUT2D eigenvalue weighted by Crippen LogP contribution is -2.09. The van der Waals surface area contributed by atoms with E-state index in [-0.39, 0.29) is 0 Å². The molecule has 0 bridgehead atoms. The van der Waals surface area contributed by atoms with Crippen LogP contribution in [0.4, 0.5) is 17.1 Å². The van der Waals surface area contributed by atoms with Crippen LogP contribution in [0.25, 0.3) is 88.3 Å². The maximum absolute atomic E-state index is 6.60. The third-order valence-electron chi connectivity index (χ3n) is 10.1. The largest absolute Gasteiger partial charge is 0.456 e. The van der Waals surface area contributed by atoms with E-state index in [0.717, 1.165) is 99.5 Å². The Hall–Kier alpha value is -7.11. The Morgan fingerprint density at radius 3 is 1.88 bits per heavy atom. The van der Waals surface area contributed by atoms with Gasteiger partial charge in [-0.1, -0.05) is 91.0 Å². The second kappa shape index (κ2) is 11.2. The van der Waals surface area contributed by atoms with E-state index in [4.69, 9.17) is 18.2 Å². The van der Waals surface area contributed by atoms with E-state index in [9.17, 15) is 0 Å². The van der Waals surface area contributed by atoms with Crippen LogP contribution in [-0.4, -0.2) is 4.98 Å². The zero-order valence-electron chi connectivity index (χ0n) is 27.8. The average molecular weight is 669 g/mol. The molecule has 0 amide bonds. The van der Waals surface area contributed by atoms with Crippen molar-refractivity contribution in [3.63, 3.8) is 0 Å². The lowest BCUT2D eigenvalue weighted by Gasteiger charge is -2.26. The number of hydrogen-bond acceptors (Lipinski definition) is 5. The summed E-state index contributed by atoms with van der Waals surface area (Å²) in [5.74, 6) is 0.571. The predicted molar refractivity (Wildman–Crippen MR) is 212 cm³/mol. The number of para-hydroxylation sites is 1. The van der Waals surface area contributed by atoms with Crippen molar-refractivity contribution in [3.8, 4) is 22.6 Å². The Balaban J connectivity index is 1.08. The fourth-order valence-electron chi connectivity index (χ4n) is 7.62. The van der Waals surface area contributed by atoms with E-state index in [1.54, 1.807) is 0 Å². The van der Waals surface area contributed by atoms with Crippen LogP contribution in [-0.2, 0) is 0 Å². The fraction of sp³-hybridized carbons (Fsp3) is 0. The summed E-state index contributed by atoms with van der Waals surface area (Å²) in [5.41, 5.74) is 11.0. The molecule has 0 fully saturated rings. The number of nitrogens with zero attached hydrogens (tertiary/aromatic N) is 2. The van der Waals surface area contributed by atoms with Gasteiger partial charge in [0, 0.05) is 56.3 Å². The third kappa shape index (κ3) is 4.53. The van der Waals surface area contributed by atoms with Crippen molar-refractivity contribution >= 4 is 82.8 Å². The van der Waals surface area contributed by atoms with Gasteiger partial charge < -0.3 is 18.2 Å². The molecule has 0 aliphatic heterocycles. The van der Waals surface area contributed by atoms with Gasteiger partial charge in [-0.2, -0.15) is 0 Å². The van der Waals surface area contributed by atoms with Crippen LogP contribution >= 0.6 is 0 Å². The summed E-state index contributed by atoms with van der Waals surface area (Å²) in [5, 5.41) is 6.41. The van der Waals surface area contributed by atoms with Crippen LogP contribution in [0.2, 0.25) is 0 Å². The number of rotatable bonds is 5. The highest BCUT2D eigenvalue weighted by Crippen LogP contribution is 2.43. The summed E-state index contributed by atoms with van der Waals surface area (Å²) >= 11 is 0. The molecule has 0 saturated carbocycles. The van der Waals surface area contributed by atoms with E-state index in [2.05, 4.69) is 126 Å². The smallest absolute Gasteiger partial charge is 0.228 e. The summed E-state index contributed by atoms with van der Waals surface area (Å²) in [4.78, 5) is 7.21. The first-order valence-electron chi connectivity index (χ1n) is 17.4. The van der Waals surface area contributed by atoms with Gasteiger partial charge in [0.05, 0.1) is 0 Å². The quantitative estimate of drug-likeness (QED) is 0.183. The number of aromatic nitrogens is 1. The molecule has 3 aromatic heterocycles. The van der Waals surface area contributed by atoms with Gasteiger partial charge in [0.25, 0.3) is 0 Å². The highest BCUT2D eigenvalue weighted by atomic mass is 16.4. The van der Waals surface area contributed by atoms with Gasteiger partial charge in [-0.3, -0.25) is 0 Å². The van der Waals surface area contributed by atoms with E-state index < -0.39 is 0 Å². The number of oxazole rings is 1. The summed E-state index contributed by atoms with van der Waals surface area (Å²) in [6, 6.07) is 58.6. The molecule has 8 aromatic carbocycles. The van der Waals surface area contributed by atoms with Crippen LogP contribution in [0.3, 0.4) is 0 Å². The number of benzene rings is 8. The number of hydrogen-bond donors (Lipinski definition) is 0. The summed E-state index contributed by atoms with van der Waals surface area (Å²) < 4.78 is 19.4. The number of anilines is 3. The first kappa shape index (κ1) is 28.7. The molecule has 3 heterocycles. The zero-order valence-corrected chi connectivity index (χ0v) is 27.8. The van der Waals surface area contributed by atoms with E-state index in [0.29, 0.717) is 5.89 Å². The summed E-state index contributed by atoms with van der Waals surface area (Å²) in [7, 11) is 0. The van der Waals surface area contributed by atoms with Crippen molar-refractivity contribution in [2.75, 3.05) is 4.90 Å². The Bertz CT molecular complexity index is 3100. The molecule has 11 rings (SSSR count). The zero-order chi connectivity index (χ0) is 34.2. The van der Waals surface area contributed by atoms with Gasteiger partial charge in [0.2, 0.25) is 5.89 Å². The van der Waals surface area contributed by atoms with Gasteiger partial charge in [-0.05, 0) is 88.6 Å². The minimum absolute atomic E-state index is 0.571. The van der Waals surface area contributed by atoms with E-state index in [1.165, 1.54) is 0 Å². The van der Waals surface area contributed by atoms with E-state index in [1.807, 2.05) is 48.5 Å². The van der Waals surface area contributed by atoms with Gasteiger partial charge in [-0.25, -0.2) is 4.98 Å². The maximum atomic E-state index is 6.60. The molecule has 0 saturated heterocycles. The first-order chi connectivity index (χ1) is 25.7. The van der Waals surface area contributed by atoms with Crippen molar-refractivity contribution in [1.82, 2.24) is 4.98 Å². The normalized spacial score (nSPS) is 11.8. The molecule has 0 unspecified atom stereocenters. The molecule has 5 heteroatoms. The molecule has 0 N–H and O–H groups in total. The van der Waals surface area contributed by atoms with Crippen molar-refractivity contribution in [2.45, 2.75) is 0 Å². The molecule has 0 radical (unpaired) electrons. The van der Waals surface area contributed by atoms with E-state index >= 15 is 0 Å².